The summed E-state index contributed by atoms with van der Waals surface area (Å²) in [5, 5.41) is 12.7. The highest BCUT2D eigenvalue weighted by Crippen LogP contribution is 2.14. The lowest BCUT2D eigenvalue weighted by atomic mass is 10.0. The Kier molecular flexibility index (Phi) is 6.98. The Balaban J connectivity index is 2.22. The molecule has 6 heteroatoms. The molecule has 0 aliphatic heterocycles. The van der Waals surface area contributed by atoms with Gasteiger partial charge in [-0.25, -0.2) is 0 Å². The molecule has 1 unspecified atom stereocenters. The third-order valence-corrected chi connectivity index (χ3v) is 2.97. The predicted molar refractivity (Wildman–Crippen MR) is 81.1 cm³/mol. The van der Waals surface area contributed by atoms with Gasteiger partial charge >= 0.3 is 0 Å². The lowest BCUT2D eigenvalue weighted by Gasteiger charge is -2.23. The summed E-state index contributed by atoms with van der Waals surface area (Å²) >= 11 is 0. The van der Waals surface area contributed by atoms with Gasteiger partial charge in [-0.2, -0.15) is 0 Å². The molecule has 0 aliphatic rings. The van der Waals surface area contributed by atoms with Gasteiger partial charge in [0.05, 0.1) is 18.6 Å². The molecular weight excluding hydrogens is 272 g/mol. The van der Waals surface area contributed by atoms with Crippen LogP contribution in [0.4, 0.5) is 5.69 Å². The summed E-state index contributed by atoms with van der Waals surface area (Å²) in [6.45, 7) is 2.56. The minimum absolute atomic E-state index is 0.170. The number of carbonyl (C=O) groups is 1. The number of benzene rings is 1. The van der Waals surface area contributed by atoms with E-state index < -0.39 is 5.60 Å². The number of nitrogens with one attached hydrogen (secondary N) is 1. The maximum atomic E-state index is 11.7. The SMILES string of the molecule is COCCC(C)(O)CNC(=O)CCOc1cccc(N)c1. The predicted octanol–water partition coefficient (Wildman–Crippen LogP) is 0.941. The lowest BCUT2D eigenvalue weighted by Crippen LogP contribution is -2.41. The van der Waals surface area contributed by atoms with E-state index in [0.29, 0.717) is 24.5 Å². The first-order valence-corrected chi connectivity index (χ1v) is 6.89. The molecule has 6 nitrogen and oxygen atoms in total. The van der Waals surface area contributed by atoms with Crippen LogP contribution >= 0.6 is 0 Å². The number of carbonyl (C=O) groups excluding carboxylic acids is 1. The quantitative estimate of drug-likeness (QED) is 0.590. The average molecular weight is 296 g/mol. The van der Waals surface area contributed by atoms with Crippen LogP contribution < -0.4 is 15.8 Å². The molecule has 4 N–H and O–H groups in total. The van der Waals surface area contributed by atoms with Gasteiger partial charge in [0.15, 0.2) is 0 Å². The summed E-state index contributed by atoms with van der Waals surface area (Å²) < 4.78 is 10.3. The molecule has 1 aromatic rings. The Labute approximate surface area is 125 Å². The standard InChI is InChI=1S/C15H24N2O4/c1-15(19,7-9-20-2)11-17-14(18)6-8-21-13-5-3-4-12(16)10-13/h3-5,10,19H,6-9,11,16H2,1-2H3,(H,17,18). The molecule has 1 rings (SSSR count). The zero-order valence-corrected chi connectivity index (χ0v) is 12.6. The number of methoxy groups -OCH3 is 1. The van der Waals surface area contributed by atoms with E-state index in [4.69, 9.17) is 15.2 Å². The van der Waals surface area contributed by atoms with Gasteiger partial charge in [-0.05, 0) is 19.1 Å². The highest BCUT2D eigenvalue weighted by Gasteiger charge is 2.20. The van der Waals surface area contributed by atoms with E-state index in [0.717, 1.165) is 0 Å². The second kappa shape index (κ2) is 8.49. The van der Waals surface area contributed by atoms with Gasteiger partial charge in [-0.1, -0.05) is 6.07 Å². The van der Waals surface area contributed by atoms with Gasteiger partial charge in [0, 0.05) is 38.4 Å². The first kappa shape index (κ1) is 17.3. The molecule has 118 valence electrons. The van der Waals surface area contributed by atoms with Crippen molar-refractivity contribution in [3.8, 4) is 5.75 Å². The van der Waals surface area contributed by atoms with E-state index in [1.807, 2.05) is 0 Å². The largest absolute Gasteiger partial charge is 0.493 e. The molecule has 0 saturated heterocycles. The number of aliphatic hydroxyl groups is 1. The number of amides is 1. The molecule has 1 amide bonds. The van der Waals surface area contributed by atoms with Crippen molar-refractivity contribution >= 4 is 11.6 Å². The number of nitrogen functional groups attached to an aromatic ring is 1. The normalized spacial score (nSPS) is 13.5. The van der Waals surface area contributed by atoms with E-state index in [1.165, 1.54) is 0 Å². The first-order chi connectivity index (χ1) is 9.93. The van der Waals surface area contributed by atoms with E-state index >= 15 is 0 Å². The van der Waals surface area contributed by atoms with Crippen LogP contribution in [0.2, 0.25) is 0 Å². The molecule has 0 heterocycles. The zero-order valence-electron chi connectivity index (χ0n) is 12.6. The Morgan fingerprint density at radius 1 is 1.43 bits per heavy atom. The first-order valence-electron chi connectivity index (χ1n) is 6.89. The molecule has 0 radical (unpaired) electrons. The van der Waals surface area contributed by atoms with E-state index in [-0.39, 0.29) is 25.5 Å². The Bertz CT molecular complexity index is 449. The number of hydrogen-bond donors (Lipinski definition) is 3. The second-order valence-corrected chi connectivity index (χ2v) is 5.19. The van der Waals surface area contributed by atoms with Gasteiger partial charge in [0.1, 0.15) is 5.75 Å². The maximum Gasteiger partial charge on any atom is 0.223 e. The van der Waals surface area contributed by atoms with Crippen LogP contribution in [0, 0.1) is 0 Å². The molecule has 1 atom stereocenters. The highest BCUT2D eigenvalue weighted by molar-refractivity contribution is 5.76. The summed E-state index contributed by atoms with van der Waals surface area (Å²) in [5.41, 5.74) is 5.27. The average Bonchev–Trinajstić information content (AvgIpc) is 2.43. The van der Waals surface area contributed by atoms with E-state index in [2.05, 4.69) is 5.32 Å². The van der Waals surface area contributed by atoms with Crippen molar-refractivity contribution < 1.29 is 19.4 Å². The topological polar surface area (TPSA) is 93.8 Å². The molecule has 0 saturated carbocycles. The van der Waals surface area contributed by atoms with Crippen molar-refractivity contribution in [3.05, 3.63) is 24.3 Å². The van der Waals surface area contributed by atoms with Crippen LogP contribution in [0.5, 0.6) is 5.75 Å². The Morgan fingerprint density at radius 2 is 2.19 bits per heavy atom. The van der Waals surface area contributed by atoms with Gasteiger partial charge < -0.3 is 25.6 Å². The van der Waals surface area contributed by atoms with Crippen LogP contribution in [0.1, 0.15) is 19.8 Å². The fourth-order valence-corrected chi connectivity index (χ4v) is 1.65. The lowest BCUT2D eigenvalue weighted by molar-refractivity contribution is -0.122. The van der Waals surface area contributed by atoms with Crippen molar-refractivity contribution in [2.75, 3.05) is 32.6 Å². The summed E-state index contributed by atoms with van der Waals surface area (Å²) in [6.07, 6.45) is 0.679. The van der Waals surface area contributed by atoms with Gasteiger partial charge in [-0.15, -0.1) is 0 Å². The van der Waals surface area contributed by atoms with Crippen LogP contribution in [-0.2, 0) is 9.53 Å². The van der Waals surface area contributed by atoms with Crippen molar-refractivity contribution in [3.63, 3.8) is 0 Å². The number of hydrogen-bond acceptors (Lipinski definition) is 5. The van der Waals surface area contributed by atoms with Crippen LogP contribution in [0.25, 0.3) is 0 Å². The minimum Gasteiger partial charge on any atom is -0.493 e. The number of anilines is 1. The number of rotatable bonds is 9. The fraction of sp³-hybridized carbons (Fsp3) is 0.533. The maximum absolute atomic E-state index is 11.7. The second-order valence-electron chi connectivity index (χ2n) is 5.19. The van der Waals surface area contributed by atoms with Crippen molar-refractivity contribution in [2.45, 2.75) is 25.4 Å². The molecular formula is C15H24N2O4. The van der Waals surface area contributed by atoms with Crippen molar-refractivity contribution in [1.82, 2.24) is 5.32 Å². The molecule has 1 aromatic carbocycles. The molecule has 0 aromatic heterocycles. The Morgan fingerprint density at radius 3 is 2.86 bits per heavy atom. The molecule has 0 bridgehead atoms. The van der Waals surface area contributed by atoms with Crippen LogP contribution in [-0.4, -0.2) is 43.5 Å². The highest BCUT2D eigenvalue weighted by atomic mass is 16.5. The Hall–Kier alpha value is -1.79. The van der Waals surface area contributed by atoms with Crippen molar-refractivity contribution in [1.29, 1.82) is 0 Å². The van der Waals surface area contributed by atoms with Crippen molar-refractivity contribution in [2.24, 2.45) is 0 Å². The third-order valence-electron chi connectivity index (χ3n) is 2.97. The fourth-order valence-electron chi connectivity index (χ4n) is 1.65. The smallest absolute Gasteiger partial charge is 0.223 e. The third kappa shape index (κ3) is 7.53. The monoisotopic (exact) mass is 296 g/mol. The summed E-state index contributed by atoms with van der Waals surface area (Å²) in [6, 6.07) is 7.04. The molecule has 0 aliphatic carbocycles. The molecule has 0 fully saturated rings. The molecule has 21 heavy (non-hydrogen) atoms. The minimum atomic E-state index is -0.972. The number of nitrogens with two attached hydrogens (primary N) is 1. The van der Waals surface area contributed by atoms with Gasteiger partial charge in [0.25, 0.3) is 0 Å². The zero-order chi connectivity index (χ0) is 15.7. The summed E-state index contributed by atoms with van der Waals surface area (Å²) in [4.78, 5) is 11.7. The van der Waals surface area contributed by atoms with Gasteiger partial charge in [-0.3, -0.25) is 4.79 Å². The van der Waals surface area contributed by atoms with E-state index in [1.54, 1.807) is 38.3 Å². The van der Waals surface area contributed by atoms with E-state index in [9.17, 15) is 9.90 Å². The van der Waals surface area contributed by atoms with Crippen LogP contribution in [0.15, 0.2) is 24.3 Å². The summed E-state index contributed by atoms with van der Waals surface area (Å²) in [7, 11) is 1.57. The van der Waals surface area contributed by atoms with Crippen LogP contribution in [0.3, 0.4) is 0 Å². The molecule has 0 spiro atoms. The summed E-state index contributed by atoms with van der Waals surface area (Å²) in [5.74, 6) is 0.464. The van der Waals surface area contributed by atoms with Gasteiger partial charge in [0.2, 0.25) is 5.91 Å². The number of ether oxygens (including phenoxy) is 2.